The van der Waals surface area contributed by atoms with Crippen molar-refractivity contribution in [2.75, 3.05) is 26.4 Å². The summed E-state index contributed by atoms with van der Waals surface area (Å²) in [4.78, 5) is 13.1. The number of carbonyl (C=O) groups is 1. The van der Waals surface area contributed by atoms with Crippen molar-refractivity contribution in [2.45, 2.75) is 44.4 Å². The minimum absolute atomic E-state index is 0.123. The highest BCUT2D eigenvalue weighted by molar-refractivity contribution is 5.88. The molecule has 1 heterocycles. The minimum atomic E-state index is -0.471. The Balaban J connectivity index is 1.57. The van der Waals surface area contributed by atoms with Crippen LogP contribution >= 0.6 is 0 Å². The van der Waals surface area contributed by atoms with Gasteiger partial charge in [-0.2, -0.15) is 0 Å². The fourth-order valence-electron chi connectivity index (χ4n) is 3.84. The Bertz CT molecular complexity index is 739. The summed E-state index contributed by atoms with van der Waals surface area (Å²) in [6, 6.07) is 18.3. The molecule has 150 valence electrons. The van der Waals surface area contributed by atoms with E-state index in [1.54, 1.807) is 0 Å². The van der Waals surface area contributed by atoms with E-state index in [0.717, 1.165) is 50.0 Å². The van der Waals surface area contributed by atoms with Crippen molar-refractivity contribution >= 4 is 5.91 Å². The van der Waals surface area contributed by atoms with E-state index < -0.39 is 5.41 Å². The van der Waals surface area contributed by atoms with Crippen LogP contribution in [0.1, 0.15) is 43.7 Å². The standard InChI is InChI=1S/C24H31NO3/c1-2-17-28-22-13-7-6-9-20(22)10-8-16-25-23(26)24(14-18-27-19-15-24)21-11-4-3-5-12-21/h3-7,9,11-13H,2,8,10,14-19H2,1H3,(H,25,26). The van der Waals surface area contributed by atoms with Crippen LogP contribution in [-0.2, 0) is 21.4 Å². The molecular formula is C24H31NO3. The molecule has 3 rings (SSSR count). The van der Waals surface area contributed by atoms with Gasteiger partial charge in [-0.3, -0.25) is 4.79 Å². The largest absolute Gasteiger partial charge is 0.493 e. The van der Waals surface area contributed by atoms with Crippen molar-refractivity contribution in [3.63, 3.8) is 0 Å². The molecule has 0 radical (unpaired) electrons. The van der Waals surface area contributed by atoms with Crippen molar-refractivity contribution in [3.05, 3.63) is 65.7 Å². The fourth-order valence-corrected chi connectivity index (χ4v) is 3.84. The van der Waals surface area contributed by atoms with Gasteiger partial charge in [0.05, 0.1) is 12.0 Å². The van der Waals surface area contributed by atoms with Gasteiger partial charge in [0.25, 0.3) is 0 Å². The van der Waals surface area contributed by atoms with Gasteiger partial charge in [-0.05, 0) is 49.3 Å². The highest BCUT2D eigenvalue weighted by Gasteiger charge is 2.41. The normalized spacial score (nSPS) is 15.8. The summed E-state index contributed by atoms with van der Waals surface area (Å²) in [7, 11) is 0. The predicted octanol–water partition coefficient (Wildman–Crippen LogP) is 4.27. The number of ether oxygens (including phenoxy) is 2. The molecule has 0 saturated carbocycles. The first kappa shape index (κ1) is 20.4. The highest BCUT2D eigenvalue weighted by atomic mass is 16.5. The van der Waals surface area contributed by atoms with Gasteiger partial charge < -0.3 is 14.8 Å². The first-order chi connectivity index (χ1) is 13.8. The molecule has 0 bridgehead atoms. The second-order valence-electron chi connectivity index (χ2n) is 7.38. The van der Waals surface area contributed by atoms with Crippen molar-refractivity contribution in [1.29, 1.82) is 0 Å². The number of nitrogens with one attached hydrogen (secondary N) is 1. The fraction of sp³-hybridized carbons (Fsp3) is 0.458. The zero-order valence-corrected chi connectivity index (χ0v) is 16.8. The highest BCUT2D eigenvalue weighted by Crippen LogP contribution is 2.35. The maximum atomic E-state index is 13.1. The van der Waals surface area contributed by atoms with E-state index >= 15 is 0 Å². The molecular weight excluding hydrogens is 350 g/mol. The van der Waals surface area contributed by atoms with Gasteiger partial charge >= 0.3 is 0 Å². The Hall–Kier alpha value is -2.33. The molecule has 0 aromatic heterocycles. The number of para-hydroxylation sites is 1. The Morgan fingerprint density at radius 3 is 2.54 bits per heavy atom. The third-order valence-corrected chi connectivity index (χ3v) is 5.45. The molecule has 1 aliphatic heterocycles. The van der Waals surface area contributed by atoms with Gasteiger partial charge in [-0.1, -0.05) is 55.5 Å². The first-order valence-electron chi connectivity index (χ1n) is 10.4. The summed E-state index contributed by atoms with van der Waals surface area (Å²) in [5.74, 6) is 1.08. The molecule has 1 fully saturated rings. The number of rotatable bonds is 9. The lowest BCUT2D eigenvalue weighted by Crippen LogP contribution is -2.48. The molecule has 0 unspecified atom stereocenters. The lowest BCUT2D eigenvalue weighted by Gasteiger charge is -2.36. The van der Waals surface area contributed by atoms with Crippen LogP contribution in [0.3, 0.4) is 0 Å². The van der Waals surface area contributed by atoms with Crippen molar-refractivity contribution in [1.82, 2.24) is 5.32 Å². The van der Waals surface area contributed by atoms with E-state index in [0.29, 0.717) is 19.8 Å². The van der Waals surface area contributed by atoms with Crippen LogP contribution in [0, 0.1) is 0 Å². The minimum Gasteiger partial charge on any atom is -0.493 e. The average molecular weight is 382 g/mol. The van der Waals surface area contributed by atoms with Gasteiger partial charge in [0.15, 0.2) is 0 Å². The van der Waals surface area contributed by atoms with Crippen LogP contribution in [0.25, 0.3) is 0 Å². The second-order valence-corrected chi connectivity index (χ2v) is 7.38. The SMILES string of the molecule is CCCOc1ccccc1CCCNC(=O)C1(c2ccccc2)CCOCC1. The summed E-state index contributed by atoms with van der Waals surface area (Å²) in [5, 5.41) is 3.19. The topological polar surface area (TPSA) is 47.6 Å². The lowest BCUT2D eigenvalue weighted by molar-refractivity contribution is -0.130. The molecule has 0 spiro atoms. The summed E-state index contributed by atoms with van der Waals surface area (Å²) >= 11 is 0. The number of benzene rings is 2. The van der Waals surface area contributed by atoms with Crippen LogP contribution in [0.2, 0.25) is 0 Å². The number of aryl methyl sites for hydroxylation is 1. The monoisotopic (exact) mass is 381 g/mol. The third kappa shape index (κ3) is 4.93. The molecule has 4 heteroatoms. The smallest absolute Gasteiger partial charge is 0.230 e. The van der Waals surface area contributed by atoms with Crippen LogP contribution in [-0.4, -0.2) is 32.3 Å². The van der Waals surface area contributed by atoms with Gasteiger partial charge in [0, 0.05) is 19.8 Å². The number of hydrogen-bond acceptors (Lipinski definition) is 3. The molecule has 1 saturated heterocycles. The molecule has 1 amide bonds. The molecule has 0 aliphatic carbocycles. The third-order valence-electron chi connectivity index (χ3n) is 5.45. The summed E-state index contributed by atoms with van der Waals surface area (Å²) in [6.45, 7) is 4.76. The van der Waals surface area contributed by atoms with Crippen LogP contribution < -0.4 is 10.1 Å². The van der Waals surface area contributed by atoms with Crippen molar-refractivity contribution in [2.24, 2.45) is 0 Å². The molecule has 1 aliphatic rings. The van der Waals surface area contributed by atoms with Crippen molar-refractivity contribution < 1.29 is 14.3 Å². The van der Waals surface area contributed by atoms with Crippen LogP contribution in [0.5, 0.6) is 5.75 Å². The van der Waals surface area contributed by atoms with E-state index in [1.807, 2.05) is 36.4 Å². The average Bonchev–Trinajstić information content (AvgIpc) is 2.77. The molecule has 0 atom stereocenters. The molecule has 28 heavy (non-hydrogen) atoms. The van der Waals surface area contributed by atoms with Gasteiger partial charge in [0.1, 0.15) is 5.75 Å². The van der Waals surface area contributed by atoms with E-state index in [2.05, 4.69) is 30.4 Å². The zero-order valence-electron chi connectivity index (χ0n) is 16.8. The predicted molar refractivity (Wildman–Crippen MR) is 112 cm³/mol. The van der Waals surface area contributed by atoms with E-state index in [-0.39, 0.29) is 5.91 Å². The number of hydrogen-bond donors (Lipinski definition) is 1. The van der Waals surface area contributed by atoms with E-state index in [4.69, 9.17) is 9.47 Å². The Morgan fingerprint density at radius 1 is 1.07 bits per heavy atom. The lowest BCUT2D eigenvalue weighted by atomic mass is 9.73. The Labute approximate surface area is 168 Å². The summed E-state index contributed by atoms with van der Waals surface area (Å²) < 4.78 is 11.4. The van der Waals surface area contributed by atoms with E-state index in [1.165, 1.54) is 5.56 Å². The second kappa shape index (κ2) is 10.3. The van der Waals surface area contributed by atoms with Crippen LogP contribution in [0.15, 0.2) is 54.6 Å². The summed E-state index contributed by atoms with van der Waals surface area (Å²) in [6.07, 6.45) is 4.24. The number of carbonyl (C=O) groups excluding carboxylic acids is 1. The molecule has 1 N–H and O–H groups in total. The molecule has 2 aromatic rings. The van der Waals surface area contributed by atoms with Crippen molar-refractivity contribution in [3.8, 4) is 5.75 Å². The maximum absolute atomic E-state index is 13.1. The van der Waals surface area contributed by atoms with Crippen LogP contribution in [0.4, 0.5) is 0 Å². The van der Waals surface area contributed by atoms with Gasteiger partial charge in [-0.25, -0.2) is 0 Å². The Kier molecular flexibility index (Phi) is 7.49. The van der Waals surface area contributed by atoms with E-state index in [9.17, 15) is 4.79 Å². The zero-order chi connectivity index (χ0) is 19.7. The summed E-state index contributed by atoms with van der Waals surface area (Å²) in [5.41, 5.74) is 1.82. The van der Waals surface area contributed by atoms with Gasteiger partial charge in [-0.15, -0.1) is 0 Å². The maximum Gasteiger partial charge on any atom is 0.230 e. The first-order valence-corrected chi connectivity index (χ1v) is 10.4. The Morgan fingerprint density at radius 2 is 1.79 bits per heavy atom. The quantitative estimate of drug-likeness (QED) is 0.660. The molecule has 2 aromatic carbocycles. The number of amides is 1. The van der Waals surface area contributed by atoms with Gasteiger partial charge in [0.2, 0.25) is 5.91 Å². The molecule has 4 nitrogen and oxygen atoms in total.